The Morgan fingerprint density at radius 2 is 2.19 bits per heavy atom. The van der Waals surface area contributed by atoms with Crippen LogP contribution in [0.4, 0.5) is 4.39 Å². The van der Waals surface area contributed by atoms with Crippen molar-refractivity contribution in [2.45, 2.75) is 32.2 Å². The SMILES string of the molecule is Cc1ncc([C@@H]2CCON2C(=O)C2CCNCC2)cc1F. The molecule has 0 unspecified atom stereocenters. The number of aromatic nitrogens is 1. The molecule has 2 aliphatic rings. The van der Waals surface area contributed by atoms with Crippen LogP contribution in [0.25, 0.3) is 0 Å². The summed E-state index contributed by atoms with van der Waals surface area (Å²) in [5, 5.41) is 4.69. The highest BCUT2D eigenvalue weighted by atomic mass is 19.1. The monoisotopic (exact) mass is 293 g/mol. The lowest BCUT2D eigenvalue weighted by molar-refractivity contribution is -0.182. The number of pyridine rings is 1. The summed E-state index contributed by atoms with van der Waals surface area (Å²) in [5.74, 6) is -0.330. The van der Waals surface area contributed by atoms with E-state index in [4.69, 9.17) is 4.84 Å². The van der Waals surface area contributed by atoms with Crippen molar-refractivity contribution in [3.05, 3.63) is 29.3 Å². The molecule has 0 aromatic carbocycles. The smallest absolute Gasteiger partial charge is 0.249 e. The van der Waals surface area contributed by atoms with Gasteiger partial charge in [-0.3, -0.25) is 14.6 Å². The van der Waals surface area contributed by atoms with Crippen LogP contribution in [0, 0.1) is 18.7 Å². The number of piperidine rings is 1. The van der Waals surface area contributed by atoms with Gasteiger partial charge in [-0.2, -0.15) is 0 Å². The highest BCUT2D eigenvalue weighted by Gasteiger charge is 2.36. The molecule has 0 saturated carbocycles. The number of nitrogens with zero attached hydrogens (tertiary/aromatic N) is 2. The maximum absolute atomic E-state index is 13.7. The summed E-state index contributed by atoms with van der Waals surface area (Å²) in [4.78, 5) is 22.2. The van der Waals surface area contributed by atoms with Crippen molar-refractivity contribution < 1.29 is 14.0 Å². The van der Waals surface area contributed by atoms with Crippen molar-refractivity contribution in [2.75, 3.05) is 19.7 Å². The molecule has 2 aliphatic heterocycles. The lowest BCUT2D eigenvalue weighted by atomic mass is 9.96. The van der Waals surface area contributed by atoms with Gasteiger partial charge in [0, 0.05) is 18.5 Å². The van der Waals surface area contributed by atoms with Crippen LogP contribution < -0.4 is 5.32 Å². The summed E-state index contributed by atoms with van der Waals surface area (Å²) >= 11 is 0. The second-order valence-electron chi connectivity index (χ2n) is 5.66. The van der Waals surface area contributed by atoms with E-state index in [1.165, 1.54) is 11.1 Å². The Labute approximate surface area is 123 Å². The number of hydroxylamine groups is 2. The van der Waals surface area contributed by atoms with E-state index >= 15 is 0 Å². The molecule has 2 fully saturated rings. The highest BCUT2D eigenvalue weighted by Crippen LogP contribution is 2.33. The first-order chi connectivity index (χ1) is 10.2. The second kappa shape index (κ2) is 6.07. The van der Waals surface area contributed by atoms with E-state index in [0.29, 0.717) is 24.3 Å². The van der Waals surface area contributed by atoms with Gasteiger partial charge >= 0.3 is 0 Å². The molecule has 0 spiro atoms. The molecular formula is C15H20FN3O2. The Morgan fingerprint density at radius 3 is 2.90 bits per heavy atom. The second-order valence-corrected chi connectivity index (χ2v) is 5.66. The van der Waals surface area contributed by atoms with Crippen LogP contribution in [0.3, 0.4) is 0 Å². The number of nitrogens with one attached hydrogen (secondary N) is 1. The normalized spacial score (nSPS) is 23.5. The number of rotatable bonds is 2. The number of hydrogen-bond acceptors (Lipinski definition) is 4. The molecule has 2 saturated heterocycles. The summed E-state index contributed by atoms with van der Waals surface area (Å²) in [5.41, 5.74) is 1.08. The summed E-state index contributed by atoms with van der Waals surface area (Å²) < 4.78 is 13.7. The molecule has 114 valence electrons. The van der Waals surface area contributed by atoms with Crippen molar-refractivity contribution in [3.8, 4) is 0 Å². The third-order valence-corrected chi connectivity index (χ3v) is 4.24. The van der Waals surface area contributed by atoms with Gasteiger partial charge in [0.2, 0.25) is 5.91 Å². The van der Waals surface area contributed by atoms with E-state index in [9.17, 15) is 9.18 Å². The molecule has 1 N–H and O–H groups in total. The Hall–Kier alpha value is -1.53. The summed E-state index contributed by atoms with van der Waals surface area (Å²) in [7, 11) is 0. The minimum atomic E-state index is -0.339. The molecule has 5 nitrogen and oxygen atoms in total. The van der Waals surface area contributed by atoms with E-state index in [2.05, 4.69) is 10.3 Å². The predicted molar refractivity (Wildman–Crippen MR) is 74.7 cm³/mol. The molecular weight excluding hydrogens is 273 g/mol. The van der Waals surface area contributed by atoms with Crippen LogP contribution in [0.2, 0.25) is 0 Å². The molecule has 0 radical (unpaired) electrons. The Bertz CT molecular complexity index is 532. The quantitative estimate of drug-likeness (QED) is 0.902. The van der Waals surface area contributed by atoms with Gasteiger partial charge in [0.1, 0.15) is 5.82 Å². The van der Waals surface area contributed by atoms with E-state index < -0.39 is 0 Å². The van der Waals surface area contributed by atoms with Crippen molar-refractivity contribution in [1.82, 2.24) is 15.4 Å². The molecule has 1 aromatic rings. The van der Waals surface area contributed by atoms with Crippen LogP contribution in [0.1, 0.15) is 36.6 Å². The van der Waals surface area contributed by atoms with Gasteiger partial charge < -0.3 is 5.32 Å². The van der Waals surface area contributed by atoms with Crippen molar-refractivity contribution in [1.29, 1.82) is 0 Å². The lowest BCUT2D eigenvalue weighted by Gasteiger charge is -2.29. The van der Waals surface area contributed by atoms with Gasteiger partial charge in [0.15, 0.2) is 0 Å². The Morgan fingerprint density at radius 1 is 1.43 bits per heavy atom. The number of aryl methyl sites for hydroxylation is 1. The average molecular weight is 293 g/mol. The zero-order chi connectivity index (χ0) is 14.8. The standard InChI is InChI=1S/C15H20FN3O2/c1-10-13(16)8-12(9-18-10)14-4-7-21-19(14)15(20)11-2-5-17-6-3-11/h8-9,11,14,17H,2-7H2,1H3/t14-/m0/s1. The molecule has 0 aliphatic carbocycles. The lowest BCUT2D eigenvalue weighted by Crippen LogP contribution is -2.40. The van der Waals surface area contributed by atoms with Crippen LogP contribution in [-0.2, 0) is 9.63 Å². The molecule has 0 bridgehead atoms. The molecule has 1 aromatic heterocycles. The molecule has 21 heavy (non-hydrogen) atoms. The summed E-state index contributed by atoms with van der Waals surface area (Å²) in [6, 6.07) is 1.24. The maximum atomic E-state index is 13.7. The first-order valence-electron chi connectivity index (χ1n) is 7.45. The van der Waals surface area contributed by atoms with E-state index in [1.807, 2.05) is 0 Å². The van der Waals surface area contributed by atoms with Gasteiger partial charge in [-0.15, -0.1) is 0 Å². The third-order valence-electron chi connectivity index (χ3n) is 4.24. The first kappa shape index (κ1) is 14.4. The fraction of sp³-hybridized carbons (Fsp3) is 0.600. The number of halogens is 1. The van der Waals surface area contributed by atoms with Gasteiger partial charge in [-0.1, -0.05) is 0 Å². The fourth-order valence-electron chi connectivity index (χ4n) is 2.94. The van der Waals surface area contributed by atoms with Crippen LogP contribution in [0.15, 0.2) is 12.3 Å². The summed E-state index contributed by atoms with van der Waals surface area (Å²) in [6.45, 7) is 3.82. The fourth-order valence-corrected chi connectivity index (χ4v) is 2.94. The number of carbonyl (C=O) groups is 1. The zero-order valence-corrected chi connectivity index (χ0v) is 12.1. The number of carbonyl (C=O) groups excluding carboxylic acids is 1. The summed E-state index contributed by atoms with van der Waals surface area (Å²) in [6.07, 6.45) is 3.97. The minimum absolute atomic E-state index is 0.00453. The molecule has 1 amide bonds. The van der Waals surface area contributed by atoms with Gasteiger partial charge in [-0.25, -0.2) is 9.45 Å². The highest BCUT2D eigenvalue weighted by molar-refractivity contribution is 5.78. The topological polar surface area (TPSA) is 54.5 Å². The van der Waals surface area contributed by atoms with E-state index in [1.54, 1.807) is 13.1 Å². The number of amides is 1. The van der Waals surface area contributed by atoms with Crippen LogP contribution >= 0.6 is 0 Å². The Kier molecular flexibility index (Phi) is 4.17. The largest absolute Gasteiger partial charge is 0.317 e. The van der Waals surface area contributed by atoms with Gasteiger partial charge in [0.05, 0.1) is 18.3 Å². The number of hydrogen-bond donors (Lipinski definition) is 1. The molecule has 6 heteroatoms. The van der Waals surface area contributed by atoms with Crippen molar-refractivity contribution in [3.63, 3.8) is 0 Å². The van der Waals surface area contributed by atoms with Crippen molar-refractivity contribution in [2.24, 2.45) is 5.92 Å². The maximum Gasteiger partial charge on any atom is 0.249 e. The zero-order valence-electron chi connectivity index (χ0n) is 12.1. The average Bonchev–Trinajstić information content (AvgIpc) is 2.99. The van der Waals surface area contributed by atoms with E-state index in [-0.39, 0.29) is 23.7 Å². The van der Waals surface area contributed by atoms with Crippen molar-refractivity contribution >= 4 is 5.91 Å². The molecule has 3 heterocycles. The minimum Gasteiger partial charge on any atom is -0.317 e. The van der Waals surface area contributed by atoms with E-state index in [0.717, 1.165) is 25.9 Å². The molecule has 1 atom stereocenters. The predicted octanol–water partition coefficient (Wildman–Crippen LogP) is 1.73. The van der Waals surface area contributed by atoms with Crippen LogP contribution in [0.5, 0.6) is 0 Å². The third kappa shape index (κ3) is 2.91. The van der Waals surface area contributed by atoms with Gasteiger partial charge in [0.25, 0.3) is 0 Å². The molecule has 3 rings (SSSR count). The van der Waals surface area contributed by atoms with Gasteiger partial charge in [-0.05, 0) is 44.5 Å². The first-order valence-corrected chi connectivity index (χ1v) is 7.45. The van der Waals surface area contributed by atoms with Crippen LogP contribution in [-0.4, -0.2) is 35.7 Å². The Balaban J connectivity index is 1.78.